The van der Waals surface area contributed by atoms with Crippen molar-refractivity contribution in [3.63, 3.8) is 0 Å². The minimum atomic E-state index is 0.788. The van der Waals surface area contributed by atoms with Gasteiger partial charge in [0.25, 0.3) is 0 Å². The minimum Gasteiger partial charge on any atom is -0.345 e. The third kappa shape index (κ3) is 3.20. The molecule has 0 unspecified atom stereocenters. The molecular weight excluding hydrogens is 280 g/mol. The van der Waals surface area contributed by atoms with Crippen LogP contribution in [0.25, 0.3) is 10.2 Å². The van der Waals surface area contributed by atoms with Crippen molar-refractivity contribution in [3.05, 3.63) is 23.3 Å². The van der Waals surface area contributed by atoms with Gasteiger partial charge < -0.3 is 10.6 Å². The van der Waals surface area contributed by atoms with E-state index in [2.05, 4.69) is 35.8 Å². The van der Waals surface area contributed by atoms with Crippen molar-refractivity contribution in [1.29, 1.82) is 0 Å². The van der Waals surface area contributed by atoms with Crippen LogP contribution in [0.1, 0.15) is 17.5 Å². The number of piperazine rings is 1. The molecule has 1 aromatic carbocycles. The van der Waals surface area contributed by atoms with Crippen molar-refractivity contribution < 1.29 is 0 Å². The number of benzene rings is 1. The van der Waals surface area contributed by atoms with E-state index in [0.29, 0.717) is 0 Å². The second kappa shape index (κ2) is 6.30. The molecule has 0 atom stereocenters. The Labute approximate surface area is 130 Å². The number of hydrogen-bond donors (Lipinski definition) is 1. The molecule has 4 nitrogen and oxygen atoms in total. The Bertz CT molecular complexity index is 614. The van der Waals surface area contributed by atoms with Crippen LogP contribution in [0.3, 0.4) is 0 Å². The predicted octanol–water partition coefficient (Wildman–Crippen LogP) is 2.38. The summed E-state index contributed by atoms with van der Waals surface area (Å²) in [4.78, 5) is 9.79. The van der Waals surface area contributed by atoms with Crippen molar-refractivity contribution in [3.8, 4) is 0 Å². The quantitative estimate of drug-likeness (QED) is 0.942. The number of aromatic nitrogens is 1. The molecule has 0 spiro atoms. The summed E-state index contributed by atoms with van der Waals surface area (Å²) in [6, 6.07) is 4.44. The van der Waals surface area contributed by atoms with Crippen LogP contribution in [0.5, 0.6) is 0 Å². The summed E-state index contributed by atoms with van der Waals surface area (Å²) >= 11 is 1.83. The molecule has 5 heteroatoms. The molecule has 1 aliphatic rings. The molecule has 1 aromatic heterocycles. The van der Waals surface area contributed by atoms with Gasteiger partial charge in [-0.15, -0.1) is 0 Å². The lowest BCUT2D eigenvalue weighted by Crippen LogP contribution is -2.46. The zero-order chi connectivity index (χ0) is 14.8. The zero-order valence-electron chi connectivity index (χ0n) is 12.9. The molecule has 2 N–H and O–H groups in total. The van der Waals surface area contributed by atoms with Crippen LogP contribution >= 0.6 is 11.3 Å². The summed E-state index contributed by atoms with van der Waals surface area (Å²) in [6.07, 6.45) is 1.10. The first-order valence-corrected chi connectivity index (χ1v) is 8.54. The van der Waals surface area contributed by atoms with Gasteiger partial charge in [0.15, 0.2) is 5.13 Å². The van der Waals surface area contributed by atoms with E-state index in [-0.39, 0.29) is 0 Å². The highest BCUT2D eigenvalue weighted by molar-refractivity contribution is 7.22. The fourth-order valence-corrected chi connectivity index (χ4v) is 4.05. The summed E-state index contributed by atoms with van der Waals surface area (Å²) in [7, 11) is 0. The maximum absolute atomic E-state index is 5.59. The summed E-state index contributed by atoms with van der Waals surface area (Å²) in [6.45, 7) is 10.6. The van der Waals surface area contributed by atoms with Crippen LogP contribution in [0.15, 0.2) is 12.1 Å². The maximum Gasteiger partial charge on any atom is 0.186 e. The molecule has 0 bridgehead atoms. The fraction of sp³-hybridized carbons (Fsp3) is 0.562. The van der Waals surface area contributed by atoms with Gasteiger partial charge in [-0.05, 0) is 50.6 Å². The number of thiazole rings is 1. The van der Waals surface area contributed by atoms with Gasteiger partial charge in [-0.2, -0.15) is 0 Å². The van der Waals surface area contributed by atoms with E-state index in [9.17, 15) is 0 Å². The minimum absolute atomic E-state index is 0.788. The molecule has 3 rings (SSSR count). The molecule has 0 saturated carbocycles. The maximum atomic E-state index is 5.59. The number of hydrogen-bond acceptors (Lipinski definition) is 5. The van der Waals surface area contributed by atoms with Gasteiger partial charge in [-0.25, -0.2) is 4.98 Å². The van der Waals surface area contributed by atoms with E-state index >= 15 is 0 Å². The van der Waals surface area contributed by atoms with E-state index in [1.54, 1.807) is 0 Å². The first-order valence-electron chi connectivity index (χ1n) is 7.72. The molecule has 21 heavy (non-hydrogen) atoms. The van der Waals surface area contributed by atoms with Gasteiger partial charge >= 0.3 is 0 Å². The second-order valence-corrected chi connectivity index (χ2v) is 6.87. The lowest BCUT2D eigenvalue weighted by atomic mass is 10.1. The van der Waals surface area contributed by atoms with Crippen LogP contribution < -0.4 is 10.6 Å². The molecule has 0 aliphatic carbocycles. The molecular formula is C16H24N4S. The van der Waals surface area contributed by atoms with E-state index in [1.165, 1.54) is 21.0 Å². The van der Waals surface area contributed by atoms with Crippen LogP contribution in [0, 0.1) is 13.8 Å². The number of rotatable bonds is 4. The number of fused-ring (bicyclic) bond motifs is 1. The normalized spacial score (nSPS) is 16.8. The van der Waals surface area contributed by atoms with Crippen LogP contribution in [0.4, 0.5) is 5.13 Å². The van der Waals surface area contributed by atoms with Crippen molar-refractivity contribution in [2.75, 3.05) is 44.2 Å². The van der Waals surface area contributed by atoms with E-state index < -0.39 is 0 Å². The Kier molecular flexibility index (Phi) is 4.42. The van der Waals surface area contributed by atoms with Gasteiger partial charge in [0.05, 0.1) is 10.2 Å². The highest BCUT2D eigenvalue weighted by Crippen LogP contribution is 2.32. The average Bonchev–Trinajstić information content (AvgIpc) is 2.90. The lowest BCUT2D eigenvalue weighted by Gasteiger charge is -2.34. The fourth-order valence-electron chi connectivity index (χ4n) is 2.98. The molecule has 1 aliphatic heterocycles. The number of aryl methyl sites for hydroxylation is 2. The van der Waals surface area contributed by atoms with Crippen molar-refractivity contribution >= 4 is 26.7 Å². The monoisotopic (exact) mass is 304 g/mol. The smallest absolute Gasteiger partial charge is 0.186 e. The van der Waals surface area contributed by atoms with Crippen molar-refractivity contribution in [1.82, 2.24) is 9.88 Å². The number of nitrogens with zero attached hydrogens (tertiary/aromatic N) is 3. The standard InChI is InChI=1S/C16H24N4S/c1-12-10-13(2)15-14(11-12)18-16(21-15)20-8-6-19(7-9-20)5-3-4-17/h10-11H,3-9,17H2,1-2H3. The Hall–Kier alpha value is -1.17. The van der Waals surface area contributed by atoms with Gasteiger partial charge in [-0.3, -0.25) is 4.90 Å². The molecule has 114 valence electrons. The van der Waals surface area contributed by atoms with Crippen LogP contribution in [-0.4, -0.2) is 49.2 Å². The Morgan fingerprint density at radius 3 is 2.67 bits per heavy atom. The van der Waals surface area contributed by atoms with E-state index in [4.69, 9.17) is 10.7 Å². The highest BCUT2D eigenvalue weighted by Gasteiger charge is 2.19. The second-order valence-electron chi connectivity index (χ2n) is 5.90. The molecule has 0 radical (unpaired) electrons. The topological polar surface area (TPSA) is 45.4 Å². The van der Waals surface area contributed by atoms with Crippen molar-refractivity contribution in [2.24, 2.45) is 5.73 Å². The first kappa shape index (κ1) is 14.8. The van der Waals surface area contributed by atoms with Gasteiger partial charge in [0.1, 0.15) is 0 Å². The van der Waals surface area contributed by atoms with Gasteiger partial charge in [-0.1, -0.05) is 17.4 Å². The first-order chi connectivity index (χ1) is 10.2. The third-order valence-electron chi connectivity index (χ3n) is 4.13. The third-order valence-corrected chi connectivity index (χ3v) is 5.40. The summed E-state index contributed by atoms with van der Waals surface area (Å²) in [5.74, 6) is 0. The Morgan fingerprint density at radius 1 is 1.19 bits per heavy atom. The van der Waals surface area contributed by atoms with Crippen LogP contribution in [0.2, 0.25) is 0 Å². The van der Waals surface area contributed by atoms with Crippen molar-refractivity contribution in [2.45, 2.75) is 20.3 Å². The predicted molar refractivity (Wildman–Crippen MR) is 91.4 cm³/mol. The van der Waals surface area contributed by atoms with Gasteiger partial charge in [0, 0.05) is 26.2 Å². The van der Waals surface area contributed by atoms with Crippen LogP contribution in [-0.2, 0) is 0 Å². The molecule has 1 saturated heterocycles. The highest BCUT2D eigenvalue weighted by atomic mass is 32.1. The van der Waals surface area contributed by atoms with E-state index in [1.807, 2.05) is 11.3 Å². The summed E-state index contributed by atoms with van der Waals surface area (Å²) < 4.78 is 1.33. The molecule has 0 amide bonds. The summed E-state index contributed by atoms with van der Waals surface area (Å²) in [5.41, 5.74) is 9.38. The molecule has 1 fully saturated rings. The number of anilines is 1. The molecule has 2 aromatic rings. The van der Waals surface area contributed by atoms with Gasteiger partial charge in [0.2, 0.25) is 0 Å². The summed E-state index contributed by atoms with van der Waals surface area (Å²) in [5, 5.41) is 1.18. The number of nitrogens with two attached hydrogens (primary N) is 1. The Morgan fingerprint density at radius 2 is 1.95 bits per heavy atom. The van der Waals surface area contributed by atoms with E-state index in [0.717, 1.165) is 51.2 Å². The SMILES string of the molecule is Cc1cc(C)c2sc(N3CCN(CCCN)CC3)nc2c1. The Balaban J connectivity index is 1.72. The largest absolute Gasteiger partial charge is 0.345 e. The molecule has 2 heterocycles. The zero-order valence-corrected chi connectivity index (χ0v) is 13.7. The average molecular weight is 304 g/mol. The lowest BCUT2D eigenvalue weighted by molar-refractivity contribution is 0.256.